The maximum absolute atomic E-state index is 11.6. The number of nitrogens with zero attached hydrogens (tertiary/aromatic N) is 3. The first-order valence-corrected chi connectivity index (χ1v) is 6.18. The van der Waals surface area contributed by atoms with Crippen molar-refractivity contribution in [3.63, 3.8) is 0 Å². The molecule has 8 heteroatoms. The van der Waals surface area contributed by atoms with Crippen molar-refractivity contribution >= 4 is 12.0 Å². The van der Waals surface area contributed by atoms with Gasteiger partial charge in [0, 0.05) is 10.5 Å². The van der Waals surface area contributed by atoms with Gasteiger partial charge < -0.3 is 18.9 Å². The fourth-order valence-corrected chi connectivity index (χ4v) is 1.90. The number of hydrogen-bond acceptors (Lipinski definition) is 6. The Bertz CT molecular complexity index is 648. The highest BCUT2D eigenvalue weighted by atomic mass is 16.5. The lowest BCUT2D eigenvalue weighted by molar-refractivity contribution is -0.136. The van der Waals surface area contributed by atoms with Gasteiger partial charge in [-0.15, -0.1) is 0 Å². The van der Waals surface area contributed by atoms with Crippen molar-refractivity contribution in [2.45, 2.75) is 6.92 Å². The molecule has 118 valence electrons. The number of ether oxygens (including phenoxy) is 4. The van der Waals surface area contributed by atoms with Crippen LogP contribution in [0, 0.1) is 6.92 Å². The highest BCUT2D eigenvalue weighted by Crippen LogP contribution is 2.42. The fourth-order valence-electron chi connectivity index (χ4n) is 1.90. The molecule has 0 unspecified atom stereocenters. The van der Waals surface area contributed by atoms with E-state index in [2.05, 4.69) is 14.8 Å². The lowest BCUT2D eigenvalue weighted by Crippen LogP contribution is -2.04. The van der Waals surface area contributed by atoms with E-state index in [1.807, 2.05) is 0 Å². The Balaban J connectivity index is 3.64. The van der Waals surface area contributed by atoms with Crippen LogP contribution in [0.4, 0.5) is 0 Å². The van der Waals surface area contributed by atoms with Gasteiger partial charge in [0.1, 0.15) is 5.70 Å². The van der Waals surface area contributed by atoms with Gasteiger partial charge >= 0.3 is 5.97 Å². The van der Waals surface area contributed by atoms with E-state index in [1.165, 1.54) is 34.5 Å². The molecule has 0 saturated heterocycles. The van der Waals surface area contributed by atoms with Crippen molar-refractivity contribution in [2.24, 2.45) is 5.11 Å². The van der Waals surface area contributed by atoms with Crippen LogP contribution in [0.3, 0.4) is 0 Å². The first kappa shape index (κ1) is 17.2. The Kier molecular flexibility index (Phi) is 6.09. The van der Waals surface area contributed by atoms with Gasteiger partial charge in [-0.2, -0.15) is 0 Å². The molecule has 22 heavy (non-hydrogen) atoms. The summed E-state index contributed by atoms with van der Waals surface area (Å²) in [4.78, 5) is 14.3. The first-order chi connectivity index (χ1) is 10.5. The number of carbonyl (C=O) groups excluding carboxylic acids is 1. The van der Waals surface area contributed by atoms with Gasteiger partial charge in [0.15, 0.2) is 11.5 Å². The standard InChI is InChI=1S/C14H17N3O5/c1-8-6-11(19-2)13(21-4)12(20-3)9(8)7-10(16-17-15)14(18)22-5/h6-7H,1-5H3/b10-7-. The Hall–Kier alpha value is -2.86. The summed E-state index contributed by atoms with van der Waals surface area (Å²) in [7, 11) is 5.63. The Morgan fingerprint density at radius 1 is 1.18 bits per heavy atom. The average molecular weight is 307 g/mol. The summed E-state index contributed by atoms with van der Waals surface area (Å²) in [6, 6.07) is 1.72. The second kappa shape index (κ2) is 7.80. The number of methoxy groups -OCH3 is 4. The maximum atomic E-state index is 11.6. The van der Waals surface area contributed by atoms with E-state index in [-0.39, 0.29) is 5.70 Å². The minimum absolute atomic E-state index is 0.196. The van der Waals surface area contributed by atoms with Crippen LogP contribution in [0.15, 0.2) is 16.9 Å². The highest BCUT2D eigenvalue weighted by Gasteiger charge is 2.19. The minimum Gasteiger partial charge on any atom is -0.493 e. The summed E-state index contributed by atoms with van der Waals surface area (Å²) in [5, 5.41) is 3.34. The topological polar surface area (TPSA) is 103 Å². The number of aryl methyl sites for hydroxylation is 1. The van der Waals surface area contributed by atoms with Crippen molar-refractivity contribution in [1.82, 2.24) is 0 Å². The van der Waals surface area contributed by atoms with E-state index >= 15 is 0 Å². The van der Waals surface area contributed by atoms with Gasteiger partial charge in [-0.25, -0.2) is 4.79 Å². The number of esters is 1. The van der Waals surface area contributed by atoms with Gasteiger partial charge in [-0.1, -0.05) is 5.11 Å². The molecule has 0 aliphatic heterocycles. The van der Waals surface area contributed by atoms with E-state index in [9.17, 15) is 4.79 Å². The summed E-state index contributed by atoms with van der Waals surface area (Å²) >= 11 is 0. The molecule has 0 aliphatic rings. The van der Waals surface area contributed by atoms with Crippen molar-refractivity contribution < 1.29 is 23.7 Å². The van der Waals surface area contributed by atoms with E-state index < -0.39 is 5.97 Å². The Morgan fingerprint density at radius 3 is 2.27 bits per heavy atom. The van der Waals surface area contributed by atoms with Gasteiger partial charge in [0.2, 0.25) is 5.75 Å². The monoisotopic (exact) mass is 307 g/mol. The highest BCUT2D eigenvalue weighted by molar-refractivity contribution is 5.94. The normalized spacial score (nSPS) is 10.5. The molecule has 0 amide bonds. The zero-order valence-electron chi connectivity index (χ0n) is 13.0. The minimum atomic E-state index is -0.756. The third kappa shape index (κ3) is 3.42. The predicted molar refractivity (Wildman–Crippen MR) is 80.0 cm³/mol. The van der Waals surface area contributed by atoms with Gasteiger partial charge in [-0.05, 0) is 30.2 Å². The number of benzene rings is 1. The van der Waals surface area contributed by atoms with Gasteiger partial charge in [0.05, 0.1) is 28.4 Å². The third-order valence-electron chi connectivity index (χ3n) is 2.90. The smallest absolute Gasteiger partial charge is 0.340 e. The van der Waals surface area contributed by atoms with Crippen molar-refractivity contribution in [2.75, 3.05) is 28.4 Å². The zero-order valence-corrected chi connectivity index (χ0v) is 13.0. The van der Waals surface area contributed by atoms with E-state index in [4.69, 9.17) is 19.7 Å². The molecule has 0 fully saturated rings. The van der Waals surface area contributed by atoms with Crippen LogP contribution in [-0.2, 0) is 9.53 Å². The van der Waals surface area contributed by atoms with Gasteiger partial charge in [0.25, 0.3) is 0 Å². The maximum Gasteiger partial charge on any atom is 0.340 e. The molecule has 0 spiro atoms. The van der Waals surface area contributed by atoms with Crippen LogP contribution >= 0.6 is 0 Å². The van der Waals surface area contributed by atoms with Crippen LogP contribution < -0.4 is 14.2 Å². The van der Waals surface area contributed by atoms with E-state index in [0.29, 0.717) is 22.8 Å². The molecule has 1 rings (SSSR count). The van der Waals surface area contributed by atoms with E-state index in [0.717, 1.165) is 5.56 Å². The molecule has 0 atom stereocenters. The third-order valence-corrected chi connectivity index (χ3v) is 2.90. The largest absolute Gasteiger partial charge is 0.493 e. The SMILES string of the molecule is COC(=O)/C(=C/c1c(C)cc(OC)c(OC)c1OC)N=[N+]=[N-]. The molecule has 0 heterocycles. The number of azide groups is 1. The molecular formula is C14H17N3O5. The second-order valence-electron chi connectivity index (χ2n) is 4.09. The van der Waals surface area contributed by atoms with Crippen LogP contribution in [0.2, 0.25) is 0 Å². The molecule has 0 aromatic heterocycles. The van der Waals surface area contributed by atoms with Gasteiger partial charge in [-0.3, -0.25) is 0 Å². The number of rotatable bonds is 6. The molecule has 0 bridgehead atoms. The summed E-state index contributed by atoms with van der Waals surface area (Å²) in [5.74, 6) is 0.451. The summed E-state index contributed by atoms with van der Waals surface area (Å²) in [6.45, 7) is 1.79. The molecule has 0 radical (unpaired) electrons. The van der Waals surface area contributed by atoms with Crippen molar-refractivity contribution in [1.29, 1.82) is 0 Å². The van der Waals surface area contributed by atoms with Crippen molar-refractivity contribution in [3.05, 3.63) is 33.3 Å². The number of hydrogen-bond donors (Lipinski definition) is 0. The molecule has 1 aromatic carbocycles. The summed E-state index contributed by atoms with van der Waals surface area (Å²) in [6.07, 6.45) is 1.38. The van der Waals surface area contributed by atoms with Crippen LogP contribution in [0.25, 0.3) is 16.5 Å². The lowest BCUT2D eigenvalue weighted by Gasteiger charge is -2.16. The summed E-state index contributed by atoms with van der Waals surface area (Å²) in [5.41, 5.74) is 9.64. The Morgan fingerprint density at radius 2 is 1.82 bits per heavy atom. The van der Waals surface area contributed by atoms with Crippen LogP contribution in [0.1, 0.15) is 11.1 Å². The summed E-state index contributed by atoms with van der Waals surface area (Å²) < 4.78 is 20.4. The van der Waals surface area contributed by atoms with E-state index in [1.54, 1.807) is 13.0 Å². The zero-order chi connectivity index (χ0) is 16.7. The van der Waals surface area contributed by atoms with Crippen molar-refractivity contribution in [3.8, 4) is 17.2 Å². The van der Waals surface area contributed by atoms with Crippen LogP contribution in [0.5, 0.6) is 17.2 Å². The molecule has 0 N–H and O–H groups in total. The average Bonchev–Trinajstić information content (AvgIpc) is 2.54. The van der Waals surface area contributed by atoms with Crippen LogP contribution in [-0.4, -0.2) is 34.4 Å². The molecule has 0 saturated carbocycles. The molecule has 8 nitrogen and oxygen atoms in total. The Labute approximate surface area is 127 Å². The molecule has 0 aliphatic carbocycles. The molecule has 1 aromatic rings. The predicted octanol–water partition coefficient (Wildman–Crippen LogP) is 2.85. The second-order valence-corrected chi connectivity index (χ2v) is 4.09. The number of carbonyl (C=O) groups is 1. The fraction of sp³-hybridized carbons (Fsp3) is 0.357. The lowest BCUT2D eigenvalue weighted by atomic mass is 10.0. The molecular weight excluding hydrogens is 290 g/mol. The quantitative estimate of drug-likeness (QED) is 0.264. The first-order valence-electron chi connectivity index (χ1n) is 6.18.